The van der Waals surface area contributed by atoms with E-state index in [0.717, 1.165) is 36.0 Å². The van der Waals surface area contributed by atoms with Crippen molar-refractivity contribution in [2.75, 3.05) is 64.6 Å². The van der Waals surface area contributed by atoms with Gasteiger partial charge in [-0.25, -0.2) is 8.42 Å². The molecule has 0 aliphatic carbocycles. The van der Waals surface area contributed by atoms with E-state index >= 15 is 0 Å². The fourth-order valence-corrected chi connectivity index (χ4v) is 6.24. The number of hydrogen-bond donors (Lipinski definition) is 2. The van der Waals surface area contributed by atoms with Gasteiger partial charge in [0, 0.05) is 54.6 Å². The molecule has 40 heavy (non-hydrogen) atoms. The van der Waals surface area contributed by atoms with E-state index in [-0.39, 0.29) is 22.9 Å². The van der Waals surface area contributed by atoms with Gasteiger partial charge >= 0.3 is 0 Å². The summed E-state index contributed by atoms with van der Waals surface area (Å²) in [5.41, 5.74) is 0.746. The number of likely N-dealkylation sites (N-methyl/N-ethyl adjacent to an activating group) is 1. The monoisotopic (exact) mass is 581 g/mol. The number of rotatable bonds is 11. The Morgan fingerprint density at radius 2 is 1.52 bits per heavy atom. The molecule has 0 spiro atoms. The van der Waals surface area contributed by atoms with Crippen molar-refractivity contribution in [3.8, 4) is 0 Å². The molecule has 0 bridgehead atoms. The predicted molar refractivity (Wildman–Crippen MR) is 158 cm³/mol. The highest BCUT2D eigenvalue weighted by molar-refractivity contribution is 7.99. The van der Waals surface area contributed by atoms with Crippen LogP contribution in [0, 0.1) is 0 Å². The van der Waals surface area contributed by atoms with E-state index in [1.54, 1.807) is 17.0 Å². The zero-order valence-electron chi connectivity index (χ0n) is 22.7. The summed E-state index contributed by atoms with van der Waals surface area (Å²) >= 11 is 1.46. The van der Waals surface area contributed by atoms with E-state index in [1.165, 1.54) is 36.0 Å². The van der Waals surface area contributed by atoms with Gasteiger partial charge in [0.25, 0.3) is 15.9 Å². The Balaban J connectivity index is 1.30. The molecule has 1 aliphatic heterocycles. The molecule has 9 nitrogen and oxygen atoms in total. The highest BCUT2D eigenvalue weighted by atomic mass is 32.2. The van der Waals surface area contributed by atoms with Crippen LogP contribution >= 0.6 is 11.8 Å². The molecule has 3 aromatic carbocycles. The average molecular weight is 582 g/mol. The largest absolute Gasteiger partial charge is 0.343 e. The van der Waals surface area contributed by atoms with Crippen LogP contribution in [0.2, 0.25) is 0 Å². The fraction of sp³-hybridized carbons (Fsp3) is 0.310. The number of nitrogens with zero attached hydrogens (tertiary/aromatic N) is 3. The van der Waals surface area contributed by atoms with Crippen molar-refractivity contribution in [3.63, 3.8) is 0 Å². The lowest BCUT2D eigenvalue weighted by Crippen LogP contribution is -2.52. The molecule has 0 aromatic heterocycles. The number of carbonyl (C=O) groups excluding carboxylic acids is 2. The first-order valence-corrected chi connectivity index (χ1v) is 15.4. The minimum Gasteiger partial charge on any atom is -0.343 e. The Kier molecular flexibility index (Phi) is 10.2. The molecular weight excluding hydrogens is 546 g/mol. The van der Waals surface area contributed by atoms with Crippen LogP contribution in [0.5, 0.6) is 0 Å². The Hall–Kier alpha value is -3.38. The molecule has 2 amide bonds. The summed E-state index contributed by atoms with van der Waals surface area (Å²) in [4.78, 5) is 33.3. The summed E-state index contributed by atoms with van der Waals surface area (Å²) in [5.74, 6) is -0.560. The van der Waals surface area contributed by atoms with Crippen molar-refractivity contribution in [1.29, 1.82) is 0 Å². The fourth-order valence-electron chi connectivity index (χ4n) is 4.18. The van der Waals surface area contributed by atoms with Gasteiger partial charge in [-0.05, 0) is 62.6 Å². The van der Waals surface area contributed by atoms with Crippen molar-refractivity contribution in [2.45, 2.75) is 14.7 Å². The number of anilines is 1. The lowest BCUT2D eigenvalue weighted by molar-refractivity contribution is -0.131. The molecule has 0 atom stereocenters. The van der Waals surface area contributed by atoms with Gasteiger partial charge < -0.3 is 15.1 Å². The van der Waals surface area contributed by atoms with Gasteiger partial charge in [-0.1, -0.05) is 42.1 Å². The van der Waals surface area contributed by atoms with Crippen molar-refractivity contribution >= 4 is 39.3 Å². The van der Waals surface area contributed by atoms with Gasteiger partial charge in [-0.2, -0.15) is 0 Å². The zero-order chi connectivity index (χ0) is 28.5. The predicted octanol–water partition coefficient (Wildman–Crippen LogP) is 3.07. The second kappa shape index (κ2) is 13.8. The Morgan fingerprint density at radius 3 is 2.20 bits per heavy atom. The quantitative estimate of drug-likeness (QED) is 0.359. The van der Waals surface area contributed by atoms with E-state index in [9.17, 15) is 18.0 Å². The molecule has 1 aliphatic rings. The molecular formula is C29H35N5O4S2. The van der Waals surface area contributed by atoms with Crippen LogP contribution in [0.15, 0.2) is 93.5 Å². The molecule has 0 radical (unpaired) electrons. The van der Waals surface area contributed by atoms with E-state index < -0.39 is 15.9 Å². The summed E-state index contributed by atoms with van der Waals surface area (Å²) in [6.45, 7) is 4.73. The number of amides is 2. The van der Waals surface area contributed by atoms with Crippen LogP contribution < -0.4 is 10.0 Å². The first kappa shape index (κ1) is 29.6. The molecule has 1 heterocycles. The topological polar surface area (TPSA) is 102 Å². The van der Waals surface area contributed by atoms with Crippen LogP contribution in [0.1, 0.15) is 10.4 Å². The minimum absolute atomic E-state index is 0.0341. The second-order valence-corrected chi connectivity index (χ2v) is 12.5. The maximum Gasteiger partial charge on any atom is 0.261 e. The maximum absolute atomic E-state index is 13.1. The number of carbonyl (C=O) groups is 2. The van der Waals surface area contributed by atoms with Crippen LogP contribution in [0.4, 0.5) is 5.69 Å². The van der Waals surface area contributed by atoms with Crippen LogP contribution in [0.25, 0.3) is 0 Å². The highest BCUT2D eigenvalue weighted by Crippen LogP contribution is 2.34. The van der Waals surface area contributed by atoms with Crippen molar-refractivity contribution in [3.05, 3.63) is 84.4 Å². The van der Waals surface area contributed by atoms with Gasteiger partial charge in [-0.15, -0.1) is 0 Å². The zero-order valence-corrected chi connectivity index (χ0v) is 24.4. The highest BCUT2D eigenvalue weighted by Gasteiger charge is 2.22. The van der Waals surface area contributed by atoms with Gasteiger partial charge in [0.05, 0.1) is 17.1 Å². The number of para-hydroxylation sites is 1. The van der Waals surface area contributed by atoms with Gasteiger partial charge in [0.2, 0.25) is 5.91 Å². The standard InChI is InChI=1S/C29H35N5O4S2/c1-32(2)16-17-33-18-20-34(21-19-33)28(35)22-30-29(36)23-12-14-25(15-13-23)40(37,38)31-26-10-6-7-11-27(26)39-24-8-4-3-5-9-24/h3-15,31H,16-22H2,1-2H3,(H,30,36). The average Bonchev–Trinajstić information content (AvgIpc) is 2.96. The molecule has 1 fully saturated rings. The van der Waals surface area contributed by atoms with Crippen molar-refractivity contribution in [2.24, 2.45) is 0 Å². The van der Waals surface area contributed by atoms with Crippen LogP contribution in [0.3, 0.4) is 0 Å². The third-order valence-electron chi connectivity index (χ3n) is 6.52. The van der Waals surface area contributed by atoms with Gasteiger partial charge in [-0.3, -0.25) is 19.2 Å². The minimum atomic E-state index is -3.89. The second-order valence-electron chi connectivity index (χ2n) is 9.75. The van der Waals surface area contributed by atoms with Crippen LogP contribution in [-0.2, 0) is 14.8 Å². The van der Waals surface area contributed by atoms with E-state index in [4.69, 9.17) is 0 Å². The molecule has 3 aromatic rings. The third-order valence-corrected chi connectivity index (χ3v) is 8.98. The first-order valence-electron chi connectivity index (χ1n) is 13.1. The lowest BCUT2D eigenvalue weighted by atomic mass is 10.2. The van der Waals surface area contributed by atoms with Crippen LogP contribution in [-0.4, -0.2) is 94.8 Å². The van der Waals surface area contributed by atoms with Gasteiger partial charge in [0.15, 0.2) is 0 Å². The van der Waals surface area contributed by atoms with E-state index in [1.807, 2.05) is 56.6 Å². The normalized spacial score (nSPS) is 14.2. The number of nitrogens with one attached hydrogen (secondary N) is 2. The maximum atomic E-state index is 13.1. The summed E-state index contributed by atoms with van der Waals surface area (Å²) in [6, 6.07) is 22.6. The Bertz CT molecular complexity index is 1390. The van der Waals surface area contributed by atoms with Gasteiger partial charge in [0.1, 0.15) is 0 Å². The van der Waals surface area contributed by atoms with E-state index in [0.29, 0.717) is 18.8 Å². The molecule has 212 valence electrons. The molecule has 0 saturated carbocycles. The lowest BCUT2D eigenvalue weighted by Gasteiger charge is -2.35. The van der Waals surface area contributed by atoms with E-state index in [2.05, 4.69) is 19.8 Å². The Labute approximate surface area is 240 Å². The molecule has 1 saturated heterocycles. The van der Waals surface area contributed by atoms with Crippen molar-refractivity contribution in [1.82, 2.24) is 20.0 Å². The summed E-state index contributed by atoms with van der Waals surface area (Å²) in [5, 5.41) is 2.66. The summed E-state index contributed by atoms with van der Waals surface area (Å²) in [7, 11) is 0.193. The summed E-state index contributed by atoms with van der Waals surface area (Å²) in [6.07, 6.45) is 0. The third kappa shape index (κ3) is 8.31. The molecule has 4 rings (SSSR count). The molecule has 0 unspecified atom stereocenters. The smallest absolute Gasteiger partial charge is 0.261 e. The Morgan fingerprint density at radius 1 is 0.875 bits per heavy atom. The molecule has 11 heteroatoms. The number of hydrogen-bond acceptors (Lipinski definition) is 7. The number of piperazine rings is 1. The first-order chi connectivity index (χ1) is 19.2. The number of benzene rings is 3. The van der Waals surface area contributed by atoms with Crippen molar-refractivity contribution < 1.29 is 18.0 Å². The molecule has 2 N–H and O–H groups in total. The SMILES string of the molecule is CN(C)CCN1CCN(C(=O)CNC(=O)c2ccc(S(=O)(=O)Nc3ccccc3Sc3ccccc3)cc2)CC1. The summed E-state index contributed by atoms with van der Waals surface area (Å²) < 4.78 is 28.9. The number of sulfonamides is 1.